The number of carbonyl (C=O) groups excluding carboxylic acids is 1. The Kier molecular flexibility index (Phi) is 6.26. The number of piperazine rings is 1. The summed E-state index contributed by atoms with van der Waals surface area (Å²) in [6.45, 7) is 10.9. The van der Waals surface area contributed by atoms with Crippen LogP contribution in [0.3, 0.4) is 0 Å². The van der Waals surface area contributed by atoms with E-state index < -0.39 is 6.10 Å². The molecule has 1 aliphatic rings. The first-order valence-electron chi connectivity index (χ1n) is 7.89. The fourth-order valence-electron chi connectivity index (χ4n) is 2.69. The molecule has 4 nitrogen and oxygen atoms in total. The Labute approximate surface area is 141 Å². The molecule has 5 heteroatoms. The molecule has 1 aliphatic heterocycles. The summed E-state index contributed by atoms with van der Waals surface area (Å²) in [4.78, 5) is 16.8. The summed E-state index contributed by atoms with van der Waals surface area (Å²) in [6, 6.07) is 7.57. The van der Waals surface area contributed by atoms with Crippen molar-refractivity contribution in [3.8, 4) is 5.75 Å². The van der Waals surface area contributed by atoms with E-state index in [4.69, 9.17) is 4.74 Å². The van der Waals surface area contributed by atoms with Crippen LogP contribution in [0.2, 0.25) is 0 Å². The van der Waals surface area contributed by atoms with E-state index in [0.717, 1.165) is 42.9 Å². The molecular formula is C17H25BrN2O2. The Hall–Kier alpha value is -1.07. The number of benzene rings is 1. The van der Waals surface area contributed by atoms with Gasteiger partial charge in [-0.1, -0.05) is 29.8 Å². The van der Waals surface area contributed by atoms with Crippen molar-refractivity contribution in [2.24, 2.45) is 5.92 Å². The van der Waals surface area contributed by atoms with Crippen molar-refractivity contribution in [2.75, 3.05) is 32.7 Å². The van der Waals surface area contributed by atoms with Crippen molar-refractivity contribution < 1.29 is 9.53 Å². The van der Waals surface area contributed by atoms with Crippen molar-refractivity contribution in [1.29, 1.82) is 0 Å². The summed E-state index contributed by atoms with van der Waals surface area (Å²) in [5, 5.41) is 0. The zero-order valence-corrected chi connectivity index (χ0v) is 15.2. The lowest BCUT2D eigenvalue weighted by Gasteiger charge is -2.36. The second kappa shape index (κ2) is 7.97. The minimum absolute atomic E-state index is 0.0760. The van der Waals surface area contributed by atoms with Crippen LogP contribution in [0.15, 0.2) is 28.7 Å². The lowest BCUT2D eigenvalue weighted by Crippen LogP contribution is -2.52. The first-order chi connectivity index (χ1) is 10.5. The van der Waals surface area contributed by atoms with Gasteiger partial charge in [0.2, 0.25) is 0 Å². The van der Waals surface area contributed by atoms with Crippen LogP contribution in [0.4, 0.5) is 0 Å². The molecular weight excluding hydrogens is 344 g/mol. The number of hydrogen-bond donors (Lipinski definition) is 0. The van der Waals surface area contributed by atoms with Crippen LogP contribution in [0, 0.1) is 5.92 Å². The fourth-order valence-corrected chi connectivity index (χ4v) is 2.96. The molecule has 122 valence electrons. The molecule has 1 atom stereocenters. The average molecular weight is 369 g/mol. The fraction of sp³-hybridized carbons (Fsp3) is 0.588. The maximum Gasteiger partial charge on any atom is 0.263 e. The summed E-state index contributed by atoms with van der Waals surface area (Å²) in [5.74, 6) is 1.47. The minimum Gasteiger partial charge on any atom is -0.481 e. The number of rotatable bonds is 5. The monoisotopic (exact) mass is 368 g/mol. The highest BCUT2D eigenvalue weighted by atomic mass is 79.9. The van der Waals surface area contributed by atoms with Crippen LogP contribution in [0.25, 0.3) is 0 Å². The maximum atomic E-state index is 12.5. The van der Waals surface area contributed by atoms with Gasteiger partial charge in [0.15, 0.2) is 6.10 Å². The quantitative estimate of drug-likeness (QED) is 0.800. The van der Waals surface area contributed by atoms with Crippen LogP contribution in [-0.4, -0.2) is 54.5 Å². The molecule has 1 aromatic rings. The summed E-state index contributed by atoms with van der Waals surface area (Å²) in [7, 11) is 0. The Morgan fingerprint density at radius 2 is 1.73 bits per heavy atom. The highest BCUT2D eigenvalue weighted by Crippen LogP contribution is 2.18. The third kappa shape index (κ3) is 4.99. The van der Waals surface area contributed by atoms with Gasteiger partial charge in [-0.25, -0.2) is 0 Å². The minimum atomic E-state index is -0.446. The predicted molar refractivity (Wildman–Crippen MR) is 92.1 cm³/mol. The number of carbonyl (C=O) groups is 1. The van der Waals surface area contributed by atoms with E-state index >= 15 is 0 Å². The smallest absolute Gasteiger partial charge is 0.263 e. The standard InChI is InChI=1S/C17H25BrN2O2/c1-13(2)12-19-8-10-20(11-9-19)17(21)14(3)22-16-6-4-15(18)5-7-16/h4-7,13-14H,8-12H2,1-3H3. The zero-order valence-electron chi connectivity index (χ0n) is 13.6. The molecule has 0 bridgehead atoms. The summed E-state index contributed by atoms with van der Waals surface area (Å²) in [5.41, 5.74) is 0. The number of ether oxygens (including phenoxy) is 1. The van der Waals surface area contributed by atoms with E-state index in [0.29, 0.717) is 5.92 Å². The van der Waals surface area contributed by atoms with Gasteiger partial charge in [0.05, 0.1) is 0 Å². The van der Waals surface area contributed by atoms with Gasteiger partial charge in [0, 0.05) is 37.2 Å². The molecule has 1 saturated heterocycles. The van der Waals surface area contributed by atoms with Crippen LogP contribution in [0.1, 0.15) is 20.8 Å². The van der Waals surface area contributed by atoms with Crippen molar-refractivity contribution in [2.45, 2.75) is 26.9 Å². The molecule has 0 spiro atoms. The van der Waals surface area contributed by atoms with Crippen molar-refractivity contribution in [1.82, 2.24) is 9.80 Å². The Balaban J connectivity index is 1.82. The molecule has 0 aromatic heterocycles. The van der Waals surface area contributed by atoms with Crippen LogP contribution < -0.4 is 4.74 Å². The molecule has 1 aromatic carbocycles. The highest BCUT2D eigenvalue weighted by Gasteiger charge is 2.26. The average Bonchev–Trinajstić information content (AvgIpc) is 2.49. The molecule has 1 heterocycles. The SMILES string of the molecule is CC(C)CN1CCN(C(=O)C(C)Oc2ccc(Br)cc2)CC1. The lowest BCUT2D eigenvalue weighted by atomic mass is 10.2. The Morgan fingerprint density at radius 1 is 1.14 bits per heavy atom. The molecule has 1 fully saturated rings. The van der Waals surface area contributed by atoms with Gasteiger partial charge in [0.1, 0.15) is 5.75 Å². The number of amides is 1. The Bertz CT molecular complexity index is 482. The largest absolute Gasteiger partial charge is 0.481 e. The van der Waals surface area contributed by atoms with Crippen molar-refractivity contribution in [3.63, 3.8) is 0 Å². The second-order valence-electron chi connectivity index (χ2n) is 6.23. The highest BCUT2D eigenvalue weighted by molar-refractivity contribution is 9.10. The topological polar surface area (TPSA) is 32.8 Å². The molecule has 0 N–H and O–H groups in total. The number of nitrogens with zero attached hydrogens (tertiary/aromatic N) is 2. The lowest BCUT2D eigenvalue weighted by molar-refractivity contribution is -0.139. The first-order valence-corrected chi connectivity index (χ1v) is 8.68. The third-order valence-electron chi connectivity index (χ3n) is 3.78. The van der Waals surface area contributed by atoms with Crippen molar-refractivity contribution in [3.05, 3.63) is 28.7 Å². The summed E-state index contributed by atoms with van der Waals surface area (Å²) < 4.78 is 6.75. The van der Waals surface area contributed by atoms with Gasteiger partial charge in [-0.05, 0) is 37.1 Å². The molecule has 1 amide bonds. The normalized spacial score (nSPS) is 17.6. The van der Waals surface area contributed by atoms with Crippen molar-refractivity contribution >= 4 is 21.8 Å². The molecule has 0 aliphatic carbocycles. The Morgan fingerprint density at radius 3 is 2.27 bits per heavy atom. The molecule has 2 rings (SSSR count). The van der Waals surface area contributed by atoms with E-state index in [1.165, 1.54) is 0 Å². The molecule has 22 heavy (non-hydrogen) atoms. The van der Waals surface area contributed by atoms with E-state index in [1.54, 1.807) is 0 Å². The zero-order chi connectivity index (χ0) is 16.1. The first kappa shape index (κ1) is 17.3. The van der Waals surface area contributed by atoms with Crippen LogP contribution >= 0.6 is 15.9 Å². The van der Waals surface area contributed by atoms with Crippen LogP contribution in [-0.2, 0) is 4.79 Å². The van der Waals surface area contributed by atoms with Gasteiger partial charge in [-0.2, -0.15) is 0 Å². The number of hydrogen-bond acceptors (Lipinski definition) is 3. The van der Waals surface area contributed by atoms with Gasteiger partial charge in [-0.3, -0.25) is 9.69 Å². The van der Waals surface area contributed by atoms with E-state index in [1.807, 2.05) is 36.1 Å². The van der Waals surface area contributed by atoms with E-state index in [2.05, 4.69) is 34.7 Å². The molecule has 1 unspecified atom stereocenters. The van der Waals surface area contributed by atoms with Gasteiger partial charge in [0.25, 0.3) is 5.91 Å². The third-order valence-corrected chi connectivity index (χ3v) is 4.31. The van der Waals surface area contributed by atoms with Gasteiger partial charge >= 0.3 is 0 Å². The second-order valence-corrected chi connectivity index (χ2v) is 7.15. The molecule has 0 saturated carbocycles. The van der Waals surface area contributed by atoms with Crippen LogP contribution in [0.5, 0.6) is 5.75 Å². The van der Waals surface area contributed by atoms with E-state index in [9.17, 15) is 4.79 Å². The molecule has 0 radical (unpaired) electrons. The van der Waals surface area contributed by atoms with E-state index in [-0.39, 0.29) is 5.91 Å². The summed E-state index contributed by atoms with van der Waals surface area (Å²) >= 11 is 3.39. The van der Waals surface area contributed by atoms with Gasteiger partial charge in [-0.15, -0.1) is 0 Å². The van der Waals surface area contributed by atoms with Gasteiger partial charge < -0.3 is 9.64 Å². The number of halogens is 1. The maximum absolute atomic E-state index is 12.5. The summed E-state index contributed by atoms with van der Waals surface area (Å²) in [6.07, 6.45) is -0.446. The predicted octanol–water partition coefficient (Wildman–Crippen LogP) is 3.02.